The number of amidine groups is 1. The maximum Gasteiger partial charge on any atom is 0.303 e. The molecule has 3 aromatic rings. The van der Waals surface area contributed by atoms with Crippen LogP contribution in [0.5, 0.6) is 0 Å². The molecule has 0 radical (unpaired) electrons. The number of aliphatic carboxylic acids is 1. The highest BCUT2D eigenvalue weighted by atomic mass is 19.1. The van der Waals surface area contributed by atoms with Gasteiger partial charge < -0.3 is 15.1 Å². The first kappa shape index (κ1) is 30.0. The van der Waals surface area contributed by atoms with Crippen molar-refractivity contribution < 1.29 is 24.2 Å². The van der Waals surface area contributed by atoms with Crippen LogP contribution in [0.2, 0.25) is 0 Å². The molecule has 2 N–H and O–H groups in total. The normalized spacial score (nSPS) is 16.1. The SMILES string of the molecule is C/C(=N\OC(C)C(N=O)c1ccc(C#N)cc1)c1ccc2c(c1)N=C(CCCCC(=O)O)N(c1ccc(F)cc1)C2O. The van der Waals surface area contributed by atoms with Crippen LogP contribution in [0, 0.1) is 22.1 Å². The predicted molar refractivity (Wildman–Crippen MR) is 156 cm³/mol. The van der Waals surface area contributed by atoms with Crippen molar-refractivity contribution in [2.45, 2.75) is 57.9 Å². The number of aliphatic hydroxyl groups is 1. The van der Waals surface area contributed by atoms with Gasteiger partial charge in [0, 0.05) is 29.7 Å². The number of carboxylic acid groups (broad SMARTS) is 1. The van der Waals surface area contributed by atoms with Crippen LogP contribution in [0.4, 0.5) is 15.8 Å². The van der Waals surface area contributed by atoms with Gasteiger partial charge >= 0.3 is 5.97 Å². The van der Waals surface area contributed by atoms with Crippen molar-refractivity contribution >= 4 is 28.9 Å². The molecule has 3 unspecified atom stereocenters. The third-order valence-corrected chi connectivity index (χ3v) is 6.94. The lowest BCUT2D eigenvalue weighted by Gasteiger charge is -2.35. The summed E-state index contributed by atoms with van der Waals surface area (Å²) in [5.74, 6) is -0.774. The monoisotopic (exact) mass is 571 g/mol. The molecule has 11 heteroatoms. The average Bonchev–Trinajstić information content (AvgIpc) is 2.99. The Labute approximate surface area is 242 Å². The standard InChI is InChI=1S/C31H30FN5O5/c1-19(36-42-20(2)30(35-41)22-9-7-21(18-33)8-10-22)23-11-16-26-27(17-23)34-28(5-3-4-6-29(38)39)37(31(26)40)25-14-12-24(32)13-15-25/h7-17,20,30-31,40H,3-6H2,1-2H3,(H,38,39)/b36-19+. The van der Waals surface area contributed by atoms with Crippen LogP contribution in [0.25, 0.3) is 0 Å². The van der Waals surface area contributed by atoms with Gasteiger partial charge in [0.1, 0.15) is 11.7 Å². The number of rotatable bonds is 12. The maximum atomic E-state index is 13.6. The third-order valence-electron chi connectivity index (χ3n) is 6.94. The number of halogens is 1. The number of carbonyl (C=O) groups is 1. The molecule has 3 aromatic carbocycles. The first-order chi connectivity index (χ1) is 20.2. The largest absolute Gasteiger partial charge is 0.481 e. The van der Waals surface area contributed by atoms with Crippen LogP contribution in [0.15, 0.2) is 82.1 Å². The fraction of sp³-hybridized carbons (Fsp3) is 0.290. The summed E-state index contributed by atoms with van der Waals surface area (Å²) in [7, 11) is 0. The zero-order valence-electron chi connectivity index (χ0n) is 23.1. The summed E-state index contributed by atoms with van der Waals surface area (Å²) in [5, 5.41) is 36.7. The number of unbranched alkanes of at least 4 members (excludes halogenated alkanes) is 1. The van der Waals surface area contributed by atoms with Crippen molar-refractivity contribution in [1.29, 1.82) is 5.26 Å². The van der Waals surface area contributed by atoms with Crippen LogP contribution in [0.1, 0.15) is 74.1 Å². The van der Waals surface area contributed by atoms with Crippen LogP contribution in [-0.2, 0) is 9.63 Å². The number of hydrogen-bond acceptors (Lipinski definition) is 9. The van der Waals surface area contributed by atoms with Gasteiger partial charge in [0.15, 0.2) is 18.4 Å². The number of nitrogens with zero attached hydrogens (tertiary/aromatic N) is 5. The second kappa shape index (κ2) is 13.6. The Morgan fingerprint density at radius 1 is 1.14 bits per heavy atom. The summed E-state index contributed by atoms with van der Waals surface area (Å²) in [6, 6.07) is 18.7. The van der Waals surface area contributed by atoms with Gasteiger partial charge in [-0.2, -0.15) is 10.2 Å². The van der Waals surface area contributed by atoms with E-state index in [1.54, 1.807) is 73.3 Å². The topological polar surface area (TPSA) is 148 Å². The van der Waals surface area contributed by atoms with Crippen molar-refractivity contribution in [1.82, 2.24) is 0 Å². The van der Waals surface area contributed by atoms with Crippen molar-refractivity contribution in [3.8, 4) is 6.07 Å². The first-order valence-corrected chi connectivity index (χ1v) is 13.4. The van der Waals surface area contributed by atoms with Crippen molar-refractivity contribution in [2.24, 2.45) is 15.3 Å². The number of aliphatic imine (C=N–C) groups is 1. The fourth-order valence-corrected chi connectivity index (χ4v) is 4.63. The molecule has 1 aliphatic heterocycles. The smallest absolute Gasteiger partial charge is 0.303 e. The zero-order chi connectivity index (χ0) is 30.2. The Morgan fingerprint density at radius 2 is 1.86 bits per heavy atom. The molecule has 0 bridgehead atoms. The Bertz CT molecular complexity index is 1530. The minimum atomic E-state index is -1.10. The Hall–Kier alpha value is -4.95. The number of fused-ring (bicyclic) bond motifs is 1. The van der Waals surface area contributed by atoms with E-state index in [1.165, 1.54) is 12.1 Å². The van der Waals surface area contributed by atoms with Gasteiger partial charge in [-0.3, -0.25) is 9.69 Å². The molecule has 1 aliphatic rings. The molecule has 0 spiro atoms. The lowest BCUT2D eigenvalue weighted by atomic mass is 10.0. The van der Waals surface area contributed by atoms with Gasteiger partial charge in [0.25, 0.3) is 0 Å². The number of anilines is 1. The summed E-state index contributed by atoms with van der Waals surface area (Å²) < 4.78 is 13.6. The fourth-order valence-electron chi connectivity index (χ4n) is 4.63. The highest BCUT2D eigenvalue weighted by molar-refractivity contribution is 6.03. The minimum Gasteiger partial charge on any atom is -0.481 e. The van der Waals surface area contributed by atoms with Crippen LogP contribution in [-0.4, -0.2) is 33.8 Å². The summed E-state index contributed by atoms with van der Waals surface area (Å²) in [4.78, 5) is 34.6. The molecular weight excluding hydrogens is 541 g/mol. The second-order valence-electron chi connectivity index (χ2n) is 9.89. The number of carboxylic acids is 1. The zero-order valence-corrected chi connectivity index (χ0v) is 23.1. The number of nitriles is 1. The highest BCUT2D eigenvalue weighted by Gasteiger charge is 2.30. The van der Waals surface area contributed by atoms with E-state index in [0.29, 0.717) is 64.4 Å². The van der Waals surface area contributed by atoms with Crippen LogP contribution in [0.3, 0.4) is 0 Å². The number of benzene rings is 3. The van der Waals surface area contributed by atoms with E-state index in [-0.39, 0.29) is 6.42 Å². The number of hydrogen-bond donors (Lipinski definition) is 2. The minimum absolute atomic E-state index is 0.0207. The molecule has 42 heavy (non-hydrogen) atoms. The van der Waals surface area contributed by atoms with E-state index in [0.717, 1.165) is 0 Å². The van der Waals surface area contributed by atoms with Gasteiger partial charge in [-0.25, -0.2) is 9.38 Å². The Balaban J connectivity index is 1.57. The summed E-state index contributed by atoms with van der Waals surface area (Å²) in [6.07, 6.45) is -0.408. The lowest BCUT2D eigenvalue weighted by Crippen LogP contribution is -2.37. The van der Waals surface area contributed by atoms with Crippen LogP contribution >= 0.6 is 0 Å². The van der Waals surface area contributed by atoms with Crippen molar-refractivity contribution in [3.63, 3.8) is 0 Å². The summed E-state index contributed by atoms with van der Waals surface area (Å²) in [5.41, 5.74) is 3.84. The van der Waals surface area contributed by atoms with Gasteiger partial charge in [-0.1, -0.05) is 34.6 Å². The van der Waals surface area contributed by atoms with Gasteiger partial charge in [0.05, 0.1) is 23.0 Å². The maximum absolute atomic E-state index is 13.6. The molecule has 0 aliphatic carbocycles. The quantitative estimate of drug-likeness (QED) is 0.109. The highest BCUT2D eigenvalue weighted by Crippen LogP contribution is 2.38. The van der Waals surface area contributed by atoms with E-state index >= 15 is 0 Å². The molecule has 1 heterocycles. The Morgan fingerprint density at radius 3 is 2.50 bits per heavy atom. The molecule has 0 fully saturated rings. The molecule has 216 valence electrons. The molecule has 10 nitrogen and oxygen atoms in total. The predicted octanol–water partition coefficient (Wildman–Crippen LogP) is 6.52. The van der Waals surface area contributed by atoms with Crippen molar-refractivity contribution in [2.75, 3.05) is 4.90 Å². The Kier molecular flexibility index (Phi) is 9.73. The lowest BCUT2D eigenvalue weighted by molar-refractivity contribution is -0.137. The van der Waals surface area contributed by atoms with E-state index in [1.807, 2.05) is 6.07 Å². The van der Waals surface area contributed by atoms with Crippen LogP contribution < -0.4 is 4.90 Å². The molecular formula is C31H30FN5O5. The van der Waals surface area contributed by atoms with E-state index in [4.69, 9.17) is 20.2 Å². The van der Waals surface area contributed by atoms with Gasteiger partial charge in [-0.15, -0.1) is 0 Å². The van der Waals surface area contributed by atoms with E-state index < -0.39 is 30.2 Å². The number of oxime groups is 1. The first-order valence-electron chi connectivity index (χ1n) is 13.4. The van der Waals surface area contributed by atoms with Gasteiger partial charge in [-0.05, 0) is 74.7 Å². The second-order valence-corrected chi connectivity index (χ2v) is 9.89. The van der Waals surface area contributed by atoms with Crippen molar-refractivity contribution in [3.05, 3.63) is 99.7 Å². The number of nitroso groups, excluding NO2 is 1. The average molecular weight is 572 g/mol. The molecule has 3 atom stereocenters. The third kappa shape index (κ3) is 7.03. The molecule has 0 saturated carbocycles. The number of aliphatic hydroxyl groups excluding tert-OH is 1. The van der Waals surface area contributed by atoms with E-state index in [2.05, 4.69) is 10.3 Å². The van der Waals surface area contributed by atoms with E-state index in [9.17, 15) is 19.2 Å². The molecule has 0 saturated heterocycles. The molecule has 4 rings (SSSR count). The molecule has 0 amide bonds. The molecule has 0 aromatic heterocycles. The van der Waals surface area contributed by atoms with Gasteiger partial charge in [0.2, 0.25) is 0 Å². The summed E-state index contributed by atoms with van der Waals surface area (Å²) >= 11 is 0. The summed E-state index contributed by atoms with van der Waals surface area (Å²) in [6.45, 7) is 3.41.